The van der Waals surface area contributed by atoms with Crippen molar-refractivity contribution >= 4 is 0 Å². The Morgan fingerprint density at radius 1 is 1.18 bits per heavy atom. The van der Waals surface area contributed by atoms with Crippen LogP contribution in [0.4, 0.5) is 0 Å². The first kappa shape index (κ1) is 14.9. The van der Waals surface area contributed by atoms with Crippen molar-refractivity contribution < 1.29 is 4.74 Å². The van der Waals surface area contributed by atoms with Crippen LogP contribution in [0.5, 0.6) is 0 Å². The highest BCUT2D eigenvalue weighted by molar-refractivity contribution is 4.77. The van der Waals surface area contributed by atoms with E-state index in [4.69, 9.17) is 4.74 Å². The van der Waals surface area contributed by atoms with E-state index in [1.165, 1.54) is 38.6 Å². The molecule has 0 amide bonds. The van der Waals surface area contributed by atoms with Gasteiger partial charge in [-0.25, -0.2) is 0 Å². The summed E-state index contributed by atoms with van der Waals surface area (Å²) >= 11 is 0. The fraction of sp³-hybridized carbons (Fsp3) is 1.00. The van der Waals surface area contributed by atoms with E-state index >= 15 is 0 Å². The van der Waals surface area contributed by atoms with Crippen LogP contribution in [0.3, 0.4) is 0 Å². The predicted octanol–water partition coefficient (Wildman–Crippen LogP) is 2.27. The Labute approximate surface area is 107 Å². The van der Waals surface area contributed by atoms with Crippen molar-refractivity contribution in [3.8, 4) is 0 Å². The molecule has 1 N–H and O–H groups in total. The van der Waals surface area contributed by atoms with Gasteiger partial charge in [0.1, 0.15) is 0 Å². The van der Waals surface area contributed by atoms with Crippen molar-refractivity contribution in [2.24, 2.45) is 0 Å². The summed E-state index contributed by atoms with van der Waals surface area (Å²) in [4.78, 5) is 2.41. The monoisotopic (exact) mass is 242 g/mol. The summed E-state index contributed by atoms with van der Waals surface area (Å²) in [6, 6.07) is 0. The maximum Gasteiger partial charge on any atom is 0.0707 e. The smallest absolute Gasteiger partial charge is 0.0707 e. The Balaban J connectivity index is 2.08. The standard InChI is InChI=1S/C14H30N2O/c1-4-6-10-16(3)12-14-8-7-13(17-14)11-15-9-5-2/h13-15H,4-12H2,1-3H3. The van der Waals surface area contributed by atoms with Crippen molar-refractivity contribution in [2.75, 3.05) is 33.2 Å². The summed E-state index contributed by atoms with van der Waals surface area (Å²) in [6.45, 7) is 8.90. The van der Waals surface area contributed by atoms with E-state index in [1.807, 2.05) is 0 Å². The van der Waals surface area contributed by atoms with Crippen LogP contribution in [0.2, 0.25) is 0 Å². The third-order valence-electron chi connectivity index (χ3n) is 3.40. The molecule has 3 heteroatoms. The van der Waals surface area contributed by atoms with Crippen molar-refractivity contribution in [1.29, 1.82) is 0 Å². The third kappa shape index (κ3) is 6.39. The molecule has 0 aromatic carbocycles. The summed E-state index contributed by atoms with van der Waals surface area (Å²) in [5, 5.41) is 3.45. The second-order valence-electron chi connectivity index (χ2n) is 5.28. The molecule has 0 aliphatic carbocycles. The van der Waals surface area contributed by atoms with Gasteiger partial charge < -0.3 is 15.0 Å². The average Bonchev–Trinajstić information content (AvgIpc) is 2.74. The van der Waals surface area contributed by atoms with Crippen molar-refractivity contribution in [3.05, 3.63) is 0 Å². The summed E-state index contributed by atoms with van der Waals surface area (Å²) in [7, 11) is 2.21. The number of hydrogen-bond donors (Lipinski definition) is 1. The minimum Gasteiger partial charge on any atom is -0.372 e. The van der Waals surface area contributed by atoms with Crippen LogP contribution in [0.15, 0.2) is 0 Å². The number of hydrogen-bond acceptors (Lipinski definition) is 3. The van der Waals surface area contributed by atoms with Gasteiger partial charge in [0.2, 0.25) is 0 Å². The molecule has 1 heterocycles. The first-order chi connectivity index (χ1) is 8.26. The summed E-state index contributed by atoms with van der Waals surface area (Å²) in [5.41, 5.74) is 0. The zero-order valence-electron chi connectivity index (χ0n) is 11.9. The molecule has 1 saturated heterocycles. The molecular weight excluding hydrogens is 212 g/mol. The Morgan fingerprint density at radius 3 is 2.65 bits per heavy atom. The van der Waals surface area contributed by atoms with E-state index in [0.717, 1.165) is 19.6 Å². The van der Waals surface area contributed by atoms with Gasteiger partial charge in [-0.1, -0.05) is 20.3 Å². The highest BCUT2D eigenvalue weighted by atomic mass is 16.5. The van der Waals surface area contributed by atoms with Crippen LogP contribution in [-0.2, 0) is 4.74 Å². The minimum absolute atomic E-state index is 0.450. The molecular formula is C14H30N2O. The fourth-order valence-corrected chi connectivity index (χ4v) is 2.37. The van der Waals surface area contributed by atoms with Crippen molar-refractivity contribution in [2.45, 2.75) is 58.2 Å². The lowest BCUT2D eigenvalue weighted by molar-refractivity contribution is 0.0278. The van der Waals surface area contributed by atoms with Gasteiger partial charge in [0.15, 0.2) is 0 Å². The largest absolute Gasteiger partial charge is 0.372 e. The lowest BCUT2D eigenvalue weighted by atomic mass is 10.2. The summed E-state index contributed by atoms with van der Waals surface area (Å²) in [5.74, 6) is 0. The normalized spacial score (nSPS) is 24.7. The molecule has 0 spiro atoms. The molecule has 0 bridgehead atoms. The van der Waals surface area contributed by atoms with Crippen LogP contribution in [0.1, 0.15) is 46.0 Å². The molecule has 0 aromatic heterocycles. The number of nitrogens with one attached hydrogen (secondary N) is 1. The summed E-state index contributed by atoms with van der Waals surface area (Å²) in [6.07, 6.45) is 7.15. The van der Waals surface area contributed by atoms with Gasteiger partial charge in [0.25, 0.3) is 0 Å². The van der Waals surface area contributed by atoms with E-state index in [9.17, 15) is 0 Å². The molecule has 1 aliphatic heterocycles. The van der Waals surface area contributed by atoms with Gasteiger partial charge in [-0.15, -0.1) is 0 Å². The Kier molecular flexibility index (Phi) is 7.82. The topological polar surface area (TPSA) is 24.5 Å². The molecule has 1 fully saturated rings. The molecule has 1 aliphatic rings. The Bertz CT molecular complexity index is 187. The molecule has 0 saturated carbocycles. The molecule has 1 rings (SSSR count). The van der Waals surface area contributed by atoms with Crippen molar-refractivity contribution in [1.82, 2.24) is 10.2 Å². The quantitative estimate of drug-likeness (QED) is 0.628. The molecule has 0 aromatic rings. The zero-order valence-corrected chi connectivity index (χ0v) is 11.9. The average molecular weight is 242 g/mol. The lowest BCUT2D eigenvalue weighted by Crippen LogP contribution is -2.32. The maximum absolute atomic E-state index is 6.05. The van der Waals surface area contributed by atoms with Gasteiger partial charge >= 0.3 is 0 Å². The first-order valence-corrected chi connectivity index (χ1v) is 7.31. The molecule has 17 heavy (non-hydrogen) atoms. The molecule has 102 valence electrons. The van der Waals surface area contributed by atoms with Gasteiger partial charge in [0, 0.05) is 13.1 Å². The number of rotatable bonds is 9. The minimum atomic E-state index is 0.450. The number of nitrogens with zero attached hydrogens (tertiary/aromatic N) is 1. The number of unbranched alkanes of at least 4 members (excludes halogenated alkanes) is 1. The lowest BCUT2D eigenvalue weighted by Gasteiger charge is -2.21. The number of likely N-dealkylation sites (N-methyl/N-ethyl adjacent to an activating group) is 1. The summed E-state index contributed by atoms with van der Waals surface area (Å²) < 4.78 is 6.05. The van der Waals surface area contributed by atoms with E-state index in [1.54, 1.807) is 0 Å². The molecule has 2 unspecified atom stereocenters. The zero-order chi connectivity index (χ0) is 12.5. The highest BCUT2D eigenvalue weighted by Crippen LogP contribution is 2.19. The Hall–Kier alpha value is -0.120. The fourth-order valence-electron chi connectivity index (χ4n) is 2.37. The predicted molar refractivity (Wildman–Crippen MR) is 73.5 cm³/mol. The molecule has 0 radical (unpaired) electrons. The first-order valence-electron chi connectivity index (χ1n) is 7.31. The van der Waals surface area contributed by atoms with Crippen molar-refractivity contribution in [3.63, 3.8) is 0 Å². The number of ether oxygens (including phenoxy) is 1. The molecule has 2 atom stereocenters. The van der Waals surface area contributed by atoms with Gasteiger partial charge in [-0.3, -0.25) is 0 Å². The third-order valence-corrected chi connectivity index (χ3v) is 3.40. The second kappa shape index (κ2) is 8.90. The van der Waals surface area contributed by atoms with Gasteiger partial charge in [0.05, 0.1) is 12.2 Å². The van der Waals surface area contributed by atoms with Gasteiger partial charge in [-0.05, 0) is 45.8 Å². The van der Waals surface area contributed by atoms with E-state index in [2.05, 4.69) is 31.1 Å². The van der Waals surface area contributed by atoms with Crippen LogP contribution >= 0.6 is 0 Å². The maximum atomic E-state index is 6.05. The Morgan fingerprint density at radius 2 is 1.94 bits per heavy atom. The van der Waals surface area contributed by atoms with E-state index in [-0.39, 0.29) is 0 Å². The highest BCUT2D eigenvalue weighted by Gasteiger charge is 2.25. The van der Waals surface area contributed by atoms with Crippen LogP contribution < -0.4 is 5.32 Å². The van der Waals surface area contributed by atoms with Gasteiger partial charge in [-0.2, -0.15) is 0 Å². The van der Waals surface area contributed by atoms with Crippen LogP contribution in [-0.4, -0.2) is 50.3 Å². The van der Waals surface area contributed by atoms with E-state index in [0.29, 0.717) is 12.2 Å². The molecule has 3 nitrogen and oxygen atoms in total. The van der Waals surface area contributed by atoms with Crippen LogP contribution in [0, 0.1) is 0 Å². The van der Waals surface area contributed by atoms with E-state index < -0.39 is 0 Å². The second-order valence-corrected chi connectivity index (χ2v) is 5.28. The SMILES string of the molecule is CCCCN(C)CC1CCC(CNCCC)O1. The van der Waals surface area contributed by atoms with Crippen LogP contribution in [0.25, 0.3) is 0 Å².